The van der Waals surface area contributed by atoms with Crippen molar-refractivity contribution in [3.63, 3.8) is 0 Å². The average Bonchev–Trinajstić information content (AvgIpc) is 3.68. The Bertz CT molecular complexity index is 1750. The van der Waals surface area contributed by atoms with Gasteiger partial charge in [-0.25, -0.2) is 0 Å². The summed E-state index contributed by atoms with van der Waals surface area (Å²) in [4.78, 5) is 40.0. The van der Waals surface area contributed by atoms with E-state index in [9.17, 15) is 19.5 Å². The molecule has 270 valence electrons. The minimum atomic E-state index is -0.788. The summed E-state index contributed by atoms with van der Waals surface area (Å²) >= 11 is 0. The van der Waals surface area contributed by atoms with Crippen LogP contribution < -0.4 is 21.7 Å². The molecule has 0 unspecified atom stereocenters. The van der Waals surface area contributed by atoms with Gasteiger partial charge in [0.25, 0.3) is 5.91 Å². The van der Waals surface area contributed by atoms with Crippen molar-refractivity contribution in [1.82, 2.24) is 31.3 Å². The molecule has 1 heterocycles. The summed E-state index contributed by atoms with van der Waals surface area (Å²) in [5.41, 5.74) is 11.7. The number of rotatable bonds is 11. The lowest BCUT2D eigenvalue weighted by Gasteiger charge is -2.28. The van der Waals surface area contributed by atoms with Crippen LogP contribution in [0.25, 0.3) is 22.5 Å². The highest BCUT2D eigenvalue weighted by atomic mass is 35.5. The van der Waals surface area contributed by atoms with Crippen LogP contribution in [-0.2, 0) is 16.0 Å². The molecule has 12 nitrogen and oxygen atoms in total. The zero-order valence-electron chi connectivity index (χ0n) is 28.8. The number of H-pyrrole nitrogens is 1. The van der Waals surface area contributed by atoms with Crippen molar-refractivity contribution in [3.8, 4) is 22.5 Å². The van der Waals surface area contributed by atoms with Gasteiger partial charge in [-0.15, -0.1) is 22.6 Å². The molecule has 1 aromatic heterocycles. The highest BCUT2D eigenvalue weighted by molar-refractivity contribution is 5.98. The molecule has 4 aromatic rings. The third kappa shape index (κ3) is 9.78. The van der Waals surface area contributed by atoms with Gasteiger partial charge in [-0.05, 0) is 135 Å². The second-order valence-electron chi connectivity index (χ2n) is 13.7. The van der Waals surface area contributed by atoms with Crippen molar-refractivity contribution in [2.24, 2.45) is 17.6 Å². The molecule has 13 heteroatoms. The summed E-state index contributed by atoms with van der Waals surface area (Å²) in [6.07, 6.45) is 6.39. The molecule has 2 aliphatic rings. The molecule has 6 rings (SSSR count). The maximum absolute atomic E-state index is 13.7. The summed E-state index contributed by atoms with van der Waals surface area (Å²) in [5, 5.41) is 32.9. The number of nitrogens with zero attached hydrogens (tertiary/aromatic N) is 3. The second kappa shape index (κ2) is 17.5. The lowest BCUT2D eigenvalue weighted by Crippen LogP contribution is -2.48. The first-order valence-corrected chi connectivity index (χ1v) is 17.6. The summed E-state index contributed by atoms with van der Waals surface area (Å²) in [7, 11) is 0. The van der Waals surface area contributed by atoms with Crippen molar-refractivity contribution >= 4 is 35.8 Å². The molecular formula is C38H47ClN8O4. The lowest BCUT2D eigenvalue weighted by atomic mass is 9.81. The molecule has 1 atom stereocenters. The Balaban J connectivity index is 0.00000504. The van der Waals surface area contributed by atoms with Gasteiger partial charge in [0.05, 0.1) is 6.10 Å². The Kier molecular flexibility index (Phi) is 12.9. The number of aromatic nitrogens is 4. The topological polar surface area (TPSA) is 188 Å². The first kappa shape index (κ1) is 37.6. The molecule has 7 N–H and O–H groups in total. The standard InChI is InChI=1S/C38H46N8O4.ClH/c1-23-20-29(37(49)40-31-15-17-32(47)18-16-31)12-19-33(23)26-6-2-24(3-7-26)21-34(42-36(48)28-8-4-25(22-39)5-9-28)38(50)41-30-13-10-27(11-14-30)35-43-45-46-44-35;/h2-3,6-7,10-14,19-20,25,28,31-32,34,47H,4-5,8-9,15-18,21-22,39H2,1H3,(H,40,49)(H,41,50)(H,42,48)(H,43,44,45,46);1H/t25-,28-,31-,32-,34-;/m0./s1. The van der Waals surface area contributed by atoms with Crippen molar-refractivity contribution < 1.29 is 19.5 Å². The summed E-state index contributed by atoms with van der Waals surface area (Å²) in [5.74, 6) is 0.243. The number of amides is 3. The van der Waals surface area contributed by atoms with Crippen LogP contribution in [0.1, 0.15) is 72.9 Å². The number of carbonyl (C=O) groups is 3. The first-order chi connectivity index (χ1) is 24.2. The molecule has 51 heavy (non-hydrogen) atoms. The Hall–Kier alpha value is -4.65. The number of hydrogen-bond acceptors (Lipinski definition) is 8. The number of aliphatic hydroxyl groups is 1. The minimum Gasteiger partial charge on any atom is -0.393 e. The summed E-state index contributed by atoms with van der Waals surface area (Å²) in [6.45, 7) is 2.62. The zero-order valence-corrected chi connectivity index (χ0v) is 29.6. The number of nitrogens with two attached hydrogens (primary N) is 1. The van der Waals surface area contributed by atoms with Gasteiger partial charge in [0.15, 0.2) is 0 Å². The van der Waals surface area contributed by atoms with Crippen molar-refractivity contribution in [2.45, 2.75) is 82.9 Å². The number of carbonyl (C=O) groups excluding carboxylic acids is 3. The number of nitrogens with one attached hydrogen (secondary N) is 4. The molecule has 0 radical (unpaired) electrons. The van der Waals surface area contributed by atoms with E-state index in [2.05, 4.69) is 36.6 Å². The molecule has 2 saturated carbocycles. The van der Waals surface area contributed by atoms with E-state index in [0.717, 1.165) is 66.3 Å². The second-order valence-corrected chi connectivity index (χ2v) is 13.7. The van der Waals surface area contributed by atoms with Gasteiger partial charge in [-0.2, -0.15) is 5.21 Å². The van der Waals surface area contributed by atoms with Gasteiger partial charge in [0.2, 0.25) is 17.6 Å². The molecule has 0 saturated heterocycles. The number of tetrazole rings is 1. The van der Waals surface area contributed by atoms with E-state index >= 15 is 0 Å². The van der Waals surface area contributed by atoms with Gasteiger partial charge >= 0.3 is 0 Å². The number of anilines is 1. The van der Waals surface area contributed by atoms with Crippen molar-refractivity contribution in [2.75, 3.05) is 11.9 Å². The number of aromatic amines is 1. The van der Waals surface area contributed by atoms with Crippen molar-refractivity contribution in [1.29, 1.82) is 0 Å². The minimum absolute atomic E-state index is 0. The van der Waals surface area contributed by atoms with E-state index in [0.29, 0.717) is 48.8 Å². The highest BCUT2D eigenvalue weighted by Gasteiger charge is 2.29. The van der Waals surface area contributed by atoms with Gasteiger partial charge in [-0.1, -0.05) is 30.3 Å². The number of halogens is 1. The molecule has 2 aliphatic carbocycles. The monoisotopic (exact) mass is 714 g/mol. The number of aryl methyl sites for hydroxylation is 1. The van der Waals surface area contributed by atoms with E-state index in [1.165, 1.54) is 0 Å². The fourth-order valence-corrected chi connectivity index (χ4v) is 7.05. The van der Waals surface area contributed by atoms with Crippen LogP contribution >= 0.6 is 12.4 Å². The maximum atomic E-state index is 13.7. The van der Waals surface area contributed by atoms with Gasteiger partial charge < -0.3 is 26.8 Å². The molecular weight excluding hydrogens is 668 g/mol. The number of aliphatic hydroxyl groups excluding tert-OH is 1. The maximum Gasteiger partial charge on any atom is 0.251 e. The Morgan fingerprint density at radius 2 is 1.59 bits per heavy atom. The molecule has 0 spiro atoms. The van der Waals surface area contributed by atoms with Crippen LogP contribution in [0.15, 0.2) is 66.7 Å². The Labute approximate surface area is 304 Å². The van der Waals surface area contributed by atoms with Crippen LogP contribution in [0.2, 0.25) is 0 Å². The van der Waals surface area contributed by atoms with E-state index in [-0.39, 0.29) is 48.2 Å². The Morgan fingerprint density at radius 3 is 2.22 bits per heavy atom. The third-order valence-corrected chi connectivity index (χ3v) is 10.2. The van der Waals surface area contributed by atoms with E-state index in [4.69, 9.17) is 5.73 Å². The zero-order chi connectivity index (χ0) is 35.0. The van der Waals surface area contributed by atoms with E-state index in [1.54, 1.807) is 24.3 Å². The van der Waals surface area contributed by atoms with Gasteiger partial charge in [0.1, 0.15) is 6.04 Å². The molecule has 3 amide bonds. The highest BCUT2D eigenvalue weighted by Crippen LogP contribution is 2.29. The number of hydrogen-bond donors (Lipinski definition) is 6. The van der Waals surface area contributed by atoms with Crippen LogP contribution in [0, 0.1) is 18.8 Å². The van der Waals surface area contributed by atoms with Gasteiger partial charge in [0, 0.05) is 35.2 Å². The molecule has 0 bridgehead atoms. The summed E-state index contributed by atoms with van der Waals surface area (Å²) in [6, 6.07) is 20.1. The smallest absolute Gasteiger partial charge is 0.251 e. The van der Waals surface area contributed by atoms with E-state index in [1.807, 2.05) is 49.4 Å². The third-order valence-electron chi connectivity index (χ3n) is 10.2. The molecule has 2 fully saturated rings. The van der Waals surface area contributed by atoms with Gasteiger partial charge in [-0.3, -0.25) is 14.4 Å². The Morgan fingerprint density at radius 1 is 0.902 bits per heavy atom. The van der Waals surface area contributed by atoms with Crippen LogP contribution in [0.4, 0.5) is 5.69 Å². The largest absolute Gasteiger partial charge is 0.393 e. The fourth-order valence-electron chi connectivity index (χ4n) is 7.05. The molecule has 0 aliphatic heterocycles. The normalized spacial score (nSPS) is 20.8. The first-order valence-electron chi connectivity index (χ1n) is 17.6. The van der Waals surface area contributed by atoms with Crippen LogP contribution in [-0.4, -0.2) is 68.2 Å². The predicted octanol–water partition coefficient (Wildman–Crippen LogP) is 4.73. The molecule has 3 aromatic carbocycles. The number of benzene rings is 3. The predicted molar refractivity (Wildman–Crippen MR) is 198 cm³/mol. The lowest BCUT2D eigenvalue weighted by molar-refractivity contribution is -0.130. The van der Waals surface area contributed by atoms with Crippen LogP contribution in [0.5, 0.6) is 0 Å². The fraction of sp³-hybridized carbons (Fsp3) is 0.421. The van der Waals surface area contributed by atoms with Crippen molar-refractivity contribution in [3.05, 3.63) is 83.4 Å². The SMILES string of the molecule is Cc1cc(C(=O)N[C@H]2CC[C@H](O)CC2)ccc1-c1ccc(C[C@H](NC(=O)[C@H]2CC[C@H](CN)CC2)C(=O)Nc2ccc(-c3nn[nH]n3)cc2)cc1.Cl. The van der Waals surface area contributed by atoms with E-state index < -0.39 is 6.04 Å². The summed E-state index contributed by atoms with van der Waals surface area (Å²) < 4.78 is 0. The average molecular weight is 715 g/mol. The van der Waals surface area contributed by atoms with Crippen LogP contribution in [0.3, 0.4) is 0 Å². The quantitative estimate of drug-likeness (QED) is 0.129.